The number of carbonyl (C=O) groups is 5. The number of rotatable bonds is 25. The predicted octanol–water partition coefficient (Wildman–Crippen LogP) is 9.26. The number of allylic oxidation sites excluding steroid dienone is 1. The molecule has 8 rings (SSSR count). The van der Waals surface area contributed by atoms with Crippen LogP contribution in [0.15, 0.2) is 117 Å². The lowest BCUT2D eigenvalue weighted by molar-refractivity contribution is -0.153. The van der Waals surface area contributed by atoms with E-state index < -0.39 is 88.3 Å². The molecule has 0 saturated carbocycles. The van der Waals surface area contributed by atoms with E-state index in [9.17, 15) is 59.1 Å². The van der Waals surface area contributed by atoms with Crippen LogP contribution >= 0.6 is 23.4 Å². The van der Waals surface area contributed by atoms with Crippen LogP contribution in [-0.4, -0.2) is 186 Å². The first-order valence-corrected chi connectivity index (χ1v) is 35.6. The van der Waals surface area contributed by atoms with E-state index >= 15 is 0 Å². The molecule has 3 fully saturated rings. The third-order valence-electron chi connectivity index (χ3n) is 17.6. The quantitative estimate of drug-likeness (QED) is 0.0275. The van der Waals surface area contributed by atoms with Crippen molar-refractivity contribution in [2.24, 2.45) is 10.8 Å². The number of piperazine rings is 2. The topological polar surface area (TPSA) is 235 Å². The lowest BCUT2D eigenvalue weighted by atomic mass is 9.73. The highest BCUT2D eigenvalue weighted by Crippen LogP contribution is 2.43. The van der Waals surface area contributed by atoms with Crippen molar-refractivity contribution in [3.8, 4) is 0 Å². The van der Waals surface area contributed by atoms with Crippen molar-refractivity contribution in [2.45, 2.75) is 143 Å². The minimum Gasteiger partial charge on any atom is -0.467 e. The van der Waals surface area contributed by atoms with Crippen molar-refractivity contribution >= 4 is 89.8 Å². The molecule has 26 heteroatoms. The summed E-state index contributed by atoms with van der Waals surface area (Å²) in [6, 6.07) is 23.3. The zero-order chi connectivity index (χ0) is 66.8. The smallest absolute Gasteiger partial charge is 0.467 e. The number of carbonyl (C=O) groups excluding carboxylic acids is 5. The maximum atomic E-state index is 14.5. The summed E-state index contributed by atoms with van der Waals surface area (Å²) in [5.74, 6) is -2.35. The number of amides is 4. The number of hydrogen-bond donors (Lipinski definition) is 4. The first-order valence-electron chi connectivity index (χ1n) is 31.3. The van der Waals surface area contributed by atoms with Gasteiger partial charge in [0.1, 0.15) is 17.0 Å². The fraction of sp³-hybridized carbons (Fsp3) is 0.530. The van der Waals surface area contributed by atoms with Gasteiger partial charge in [0.25, 0.3) is 25.8 Å². The van der Waals surface area contributed by atoms with Gasteiger partial charge in [-0.2, -0.15) is 13.2 Å². The number of sulfonamides is 1. The minimum atomic E-state index is -6.17. The van der Waals surface area contributed by atoms with Crippen molar-refractivity contribution in [3.63, 3.8) is 0 Å². The number of aliphatic hydroxyl groups is 1. The van der Waals surface area contributed by atoms with Crippen LogP contribution in [-0.2, 0) is 43.8 Å². The summed E-state index contributed by atoms with van der Waals surface area (Å²) in [6.07, 6.45) is 4.41. The number of hydrogen-bond acceptors (Lipinski definition) is 16. The minimum absolute atomic E-state index is 0.0380. The second-order valence-electron chi connectivity index (χ2n) is 26.1. The van der Waals surface area contributed by atoms with Crippen LogP contribution < -0.4 is 20.3 Å². The average Bonchev–Trinajstić information content (AvgIpc) is 0.891. The number of anilines is 2. The Balaban J connectivity index is 0.838. The summed E-state index contributed by atoms with van der Waals surface area (Å²) in [6.45, 7) is 15.9. The third-order valence-corrected chi connectivity index (χ3v) is 21.8. The Bertz CT molecular complexity index is 3510. The van der Waals surface area contributed by atoms with Gasteiger partial charge in [-0.05, 0) is 127 Å². The summed E-state index contributed by atoms with van der Waals surface area (Å²) in [4.78, 5) is 74.4. The van der Waals surface area contributed by atoms with Crippen molar-refractivity contribution in [3.05, 3.63) is 119 Å². The highest BCUT2D eigenvalue weighted by Gasteiger charge is 2.49. The number of methoxy groups -OCH3 is 1. The molecule has 4 aromatic rings. The molecule has 1 aliphatic carbocycles. The Morgan fingerprint density at radius 1 is 0.815 bits per heavy atom. The number of halogens is 4. The number of β-amino-alcohol motifs (C(OH)–C–C–N with tert-alkyl or cyclic N) is 1. The van der Waals surface area contributed by atoms with E-state index in [2.05, 4.69) is 51.3 Å². The Morgan fingerprint density at radius 3 is 2.11 bits per heavy atom. The number of sulfone groups is 1. The molecule has 0 unspecified atom stereocenters. The van der Waals surface area contributed by atoms with Crippen LogP contribution in [0.3, 0.4) is 0 Å². The number of aliphatic hydroxyl groups excluding tert-OH is 1. The zero-order valence-corrected chi connectivity index (χ0v) is 56.3. The maximum Gasteiger partial charge on any atom is 0.501 e. The van der Waals surface area contributed by atoms with Gasteiger partial charge in [-0.3, -0.25) is 29.0 Å². The van der Waals surface area contributed by atoms with Gasteiger partial charge in [0.15, 0.2) is 0 Å². The molecule has 0 aromatic heterocycles. The van der Waals surface area contributed by atoms with Gasteiger partial charge in [0.2, 0.25) is 17.7 Å². The van der Waals surface area contributed by atoms with Crippen molar-refractivity contribution in [1.29, 1.82) is 0 Å². The van der Waals surface area contributed by atoms with E-state index in [1.165, 1.54) is 52.6 Å². The molecule has 4 N–H and O–H groups in total. The zero-order valence-electron chi connectivity index (χ0n) is 53.1. The van der Waals surface area contributed by atoms with Gasteiger partial charge in [-0.25, -0.2) is 26.4 Å². The van der Waals surface area contributed by atoms with Crippen LogP contribution in [0, 0.1) is 10.8 Å². The third kappa shape index (κ3) is 19.0. The van der Waals surface area contributed by atoms with Gasteiger partial charge in [0.05, 0.1) is 23.8 Å². The molecular weight excluding hydrogens is 1270 g/mol. The molecule has 19 nitrogen and oxygen atoms in total. The molecule has 4 amide bonds. The first-order chi connectivity index (χ1) is 43.4. The molecule has 4 atom stereocenters. The summed E-state index contributed by atoms with van der Waals surface area (Å²) in [5.41, 5.74) is -2.05. The summed E-state index contributed by atoms with van der Waals surface area (Å²) in [7, 11) is -9.90. The lowest BCUT2D eigenvalue weighted by Crippen LogP contribution is -2.56. The Hall–Kier alpha value is -6.22. The number of likely N-dealkylation sites (tertiary alicyclic amines) is 1. The number of esters is 1. The SMILES string of the molecule is COC(=O)[C@@H]1C[C@@H](O)CN1C(=O)[C@@H](NC(=O)CCCCCC(=O)N1CCN(CC[C@H](CSc2ccccc2)Nc2ccc(S(=O)(=O)NC(=O)c3ccc(N4CCN(CC5=C(c6ccc(Cl)cc6)CCC(C)(C)C5)CC4)cc3)cc2S(=O)(=O)C(F)(F)F)CC1)C(C)(C)C. The first kappa shape index (κ1) is 71.6. The predicted molar refractivity (Wildman–Crippen MR) is 350 cm³/mol. The Morgan fingerprint density at radius 2 is 1.47 bits per heavy atom. The number of alkyl halides is 3. The van der Waals surface area contributed by atoms with Crippen molar-refractivity contribution in [2.75, 3.05) is 95.1 Å². The average molecular weight is 1360 g/mol. The van der Waals surface area contributed by atoms with Crippen LogP contribution in [0.1, 0.15) is 115 Å². The lowest BCUT2D eigenvalue weighted by Gasteiger charge is -2.39. The van der Waals surface area contributed by atoms with E-state index in [0.29, 0.717) is 82.6 Å². The van der Waals surface area contributed by atoms with Crippen LogP contribution in [0.25, 0.3) is 5.57 Å². The van der Waals surface area contributed by atoms with Crippen LogP contribution in [0.2, 0.25) is 5.02 Å². The molecule has 4 aromatic carbocycles. The summed E-state index contributed by atoms with van der Waals surface area (Å²) < 4.78 is 105. The largest absolute Gasteiger partial charge is 0.501 e. The summed E-state index contributed by atoms with van der Waals surface area (Å²) in [5, 5.41) is 16.8. The second kappa shape index (κ2) is 30.9. The van der Waals surface area contributed by atoms with Gasteiger partial charge < -0.3 is 35.2 Å². The summed E-state index contributed by atoms with van der Waals surface area (Å²) >= 11 is 7.60. The van der Waals surface area contributed by atoms with E-state index in [1.807, 2.05) is 47.2 Å². The van der Waals surface area contributed by atoms with Crippen LogP contribution in [0.4, 0.5) is 24.5 Å². The van der Waals surface area contributed by atoms with Crippen molar-refractivity contribution < 1.29 is 63.8 Å². The molecule has 3 saturated heterocycles. The Labute approximate surface area is 548 Å². The van der Waals surface area contributed by atoms with Gasteiger partial charge >= 0.3 is 11.5 Å². The van der Waals surface area contributed by atoms with E-state index in [1.54, 1.807) is 37.8 Å². The normalized spacial score (nSPS) is 19.3. The standard InChI is InChI=1S/C66H86ClF3N8O11S3/c1-64(2,3)60(62(83)78-43-51(79)39-56(78)63(84)89-6)72-58(80)15-11-8-12-16-59(81)77-37-31-74(32-38-77)30-28-49(44-90-52-13-9-7-10-14-52)71-55-26-25-53(40-57(55)91(85,86)66(68,69)70)92(87,88)73-61(82)46-19-23-50(24-20-46)76-35-33-75(34-36-76)42-47-41-65(4,5)29-27-54(47)45-17-21-48(67)22-18-45/h7,9-10,13-14,17-26,40,49,51,56,60,71,79H,8,11-12,15-16,27-39,41-44H2,1-6H3,(H,72,80)(H,73,82)/t49-,51-,56+,60-/m1/s1. The molecule has 502 valence electrons. The number of ether oxygens (including phenoxy) is 1. The fourth-order valence-corrected chi connectivity index (χ4v) is 15.4. The van der Waals surface area contributed by atoms with Gasteiger partial charge in [0, 0.05) is 124 Å². The number of thioether (sulfide) groups is 1. The number of nitrogens with one attached hydrogen (secondary N) is 3. The highest BCUT2D eigenvalue weighted by atomic mass is 35.5. The molecule has 0 bridgehead atoms. The molecule has 92 heavy (non-hydrogen) atoms. The molecule has 4 aliphatic rings. The Kier molecular flexibility index (Phi) is 24.1. The van der Waals surface area contributed by atoms with E-state index in [-0.39, 0.29) is 54.4 Å². The van der Waals surface area contributed by atoms with Gasteiger partial charge in [-0.15, -0.1) is 11.8 Å². The number of benzene rings is 4. The molecule has 3 aliphatic heterocycles. The molecule has 0 radical (unpaired) electrons. The highest BCUT2D eigenvalue weighted by molar-refractivity contribution is 7.99. The molecular formula is C66H86ClF3N8O11S3. The monoisotopic (exact) mass is 1350 g/mol. The van der Waals surface area contributed by atoms with E-state index in [0.717, 1.165) is 61.6 Å². The number of nitrogens with zero attached hydrogens (tertiary/aromatic N) is 5. The second-order valence-corrected chi connectivity index (χ2v) is 31.2. The maximum absolute atomic E-state index is 14.5. The molecule has 0 spiro atoms. The van der Waals surface area contributed by atoms with Gasteiger partial charge in [-0.1, -0.05) is 88.5 Å². The van der Waals surface area contributed by atoms with Crippen molar-refractivity contribution in [1.82, 2.24) is 29.6 Å². The van der Waals surface area contributed by atoms with E-state index in [4.69, 9.17) is 16.3 Å². The fourth-order valence-electron chi connectivity index (χ4n) is 12.2. The van der Waals surface area contributed by atoms with Crippen LogP contribution in [0.5, 0.6) is 0 Å². The number of unbranched alkanes of at least 4 members (excludes halogenated alkanes) is 2. The molecule has 3 heterocycles.